The Balaban J connectivity index is 1.36. The minimum absolute atomic E-state index is 0.0384. The molecule has 27 heavy (non-hydrogen) atoms. The van der Waals surface area contributed by atoms with Crippen LogP contribution in [0.1, 0.15) is 40.9 Å². The minimum Gasteiger partial charge on any atom is -0.467 e. The average molecular weight is 383 g/mol. The third-order valence-electron chi connectivity index (χ3n) is 6.16. The van der Waals surface area contributed by atoms with Gasteiger partial charge in [0.05, 0.1) is 5.56 Å². The Kier molecular flexibility index (Phi) is 3.75. The number of aryl methyl sites for hydroxylation is 1. The molecule has 6 nitrogen and oxygen atoms in total. The van der Waals surface area contributed by atoms with Gasteiger partial charge in [-0.05, 0) is 44.2 Å². The molecule has 2 amide bonds. The molecule has 3 aliphatic carbocycles. The SMILES string of the molecule is Cc1cnc(NC(=O)[C@H]2C[C@@H]3CC[C@@H]2C[C@@]32NC(=O)c3ccccc3O2)s1. The van der Waals surface area contributed by atoms with E-state index in [4.69, 9.17) is 4.74 Å². The van der Waals surface area contributed by atoms with Gasteiger partial charge < -0.3 is 15.4 Å². The molecule has 0 unspecified atom stereocenters. The van der Waals surface area contributed by atoms with Gasteiger partial charge in [-0.2, -0.15) is 0 Å². The fourth-order valence-corrected chi connectivity index (χ4v) is 5.56. The molecule has 0 saturated heterocycles. The topological polar surface area (TPSA) is 80.3 Å². The van der Waals surface area contributed by atoms with Crippen molar-refractivity contribution in [3.8, 4) is 5.75 Å². The maximum absolute atomic E-state index is 12.8. The summed E-state index contributed by atoms with van der Waals surface area (Å²) < 4.78 is 6.34. The second kappa shape index (κ2) is 6.05. The third-order valence-corrected chi connectivity index (χ3v) is 6.98. The number of nitrogens with one attached hydrogen (secondary N) is 2. The molecule has 3 fully saturated rings. The molecule has 2 bridgehead atoms. The van der Waals surface area contributed by atoms with Gasteiger partial charge in [0.15, 0.2) is 10.9 Å². The minimum atomic E-state index is -0.678. The molecule has 2 N–H and O–H groups in total. The highest BCUT2D eigenvalue weighted by atomic mass is 32.1. The van der Waals surface area contributed by atoms with Gasteiger partial charge in [0.2, 0.25) is 5.91 Å². The smallest absolute Gasteiger partial charge is 0.258 e. The summed E-state index contributed by atoms with van der Waals surface area (Å²) in [4.78, 5) is 30.8. The Hall–Kier alpha value is -2.41. The van der Waals surface area contributed by atoms with Crippen LogP contribution in [0.15, 0.2) is 30.5 Å². The number of carbonyl (C=O) groups is 2. The normalized spacial score (nSPS) is 31.1. The van der Waals surface area contributed by atoms with Crippen LogP contribution in [0.25, 0.3) is 0 Å². The Bertz CT molecular complexity index is 927. The van der Waals surface area contributed by atoms with Crippen molar-refractivity contribution in [2.75, 3.05) is 5.32 Å². The van der Waals surface area contributed by atoms with Crippen LogP contribution in [-0.4, -0.2) is 22.5 Å². The van der Waals surface area contributed by atoms with Crippen molar-refractivity contribution in [2.24, 2.45) is 17.8 Å². The van der Waals surface area contributed by atoms with Crippen molar-refractivity contribution in [1.29, 1.82) is 0 Å². The molecule has 2 aromatic rings. The molecule has 140 valence electrons. The number of benzene rings is 1. The zero-order valence-corrected chi connectivity index (χ0v) is 15.8. The fraction of sp³-hybridized carbons (Fsp3) is 0.450. The van der Waals surface area contributed by atoms with E-state index in [0.717, 1.165) is 24.1 Å². The van der Waals surface area contributed by atoms with Gasteiger partial charge in [-0.1, -0.05) is 12.1 Å². The zero-order chi connectivity index (χ0) is 18.6. The monoisotopic (exact) mass is 383 g/mol. The summed E-state index contributed by atoms with van der Waals surface area (Å²) in [6.07, 6.45) is 5.12. The predicted octanol–water partition coefficient (Wildman–Crippen LogP) is 3.34. The molecule has 0 radical (unpaired) electrons. The van der Waals surface area contributed by atoms with Gasteiger partial charge in [0, 0.05) is 29.3 Å². The fourth-order valence-electron chi connectivity index (χ4n) is 4.89. The van der Waals surface area contributed by atoms with E-state index in [0.29, 0.717) is 22.9 Å². The quantitative estimate of drug-likeness (QED) is 0.833. The van der Waals surface area contributed by atoms with E-state index in [2.05, 4.69) is 15.6 Å². The summed E-state index contributed by atoms with van der Waals surface area (Å²) in [5.41, 5.74) is -0.0962. The van der Waals surface area contributed by atoms with E-state index in [1.807, 2.05) is 25.1 Å². The lowest BCUT2D eigenvalue weighted by molar-refractivity contribution is -0.142. The number of fused-ring (bicyclic) bond motifs is 3. The number of anilines is 1. The highest BCUT2D eigenvalue weighted by molar-refractivity contribution is 7.15. The van der Waals surface area contributed by atoms with E-state index in [1.54, 1.807) is 12.3 Å². The lowest BCUT2D eigenvalue weighted by Crippen LogP contribution is -2.66. The second-order valence-corrected chi connectivity index (χ2v) is 9.02. The molecule has 1 aliphatic heterocycles. The molecule has 2 heterocycles. The van der Waals surface area contributed by atoms with Crippen molar-refractivity contribution in [1.82, 2.24) is 10.3 Å². The van der Waals surface area contributed by atoms with Gasteiger partial charge >= 0.3 is 0 Å². The molecule has 6 rings (SSSR count). The number of amides is 2. The molecule has 1 aromatic carbocycles. The number of hydrogen-bond acceptors (Lipinski definition) is 5. The molecule has 3 saturated carbocycles. The van der Waals surface area contributed by atoms with Crippen molar-refractivity contribution in [3.63, 3.8) is 0 Å². The van der Waals surface area contributed by atoms with Gasteiger partial charge in [-0.3, -0.25) is 9.59 Å². The number of rotatable bonds is 2. The van der Waals surface area contributed by atoms with E-state index >= 15 is 0 Å². The Morgan fingerprint density at radius 1 is 1.37 bits per heavy atom. The van der Waals surface area contributed by atoms with Crippen LogP contribution < -0.4 is 15.4 Å². The molecule has 1 spiro atoms. The first-order valence-electron chi connectivity index (χ1n) is 9.38. The number of carbonyl (C=O) groups excluding carboxylic acids is 2. The third kappa shape index (κ3) is 2.72. The molecular formula is C20H21N3O3S. The van der Waals surface area contributed by atoms with Crippen LogP contribution in [0.3, 0.4) is 0 Å². The highest BCUT2D eigenvalue weighted by Gasteiger charge is 2.57. The summed E-state index contributed by atoms with van der Waals surface area (Å²) >= 11 is 1.49. The average Bonchev–Trinajstić information content (AvgIpc) is 3.06. The number of hydrogen-bond donors (Lipinski definition) is 2. The first-order chi connectivity index (χ1) is 13.0. The number of para-hydroxylation sites is 1. The first-order valence-corrected chi connectivity index (χ1v) is 10.2. The highest BCUT2D eigenvalue weighted by Crippen LogP contribution is 2.52. The summed E-state index contributed by atoms with van der Waals surface area (Å²) in [6, 6.07) is 7.37. The molecular weight excluding hydrogens is 362 g/mol. The number of aromatic nitrogens is 1. The maximum atomic E-state index is 12.8. The molecule has 4 aliphatic rings. The number of nitrogens with zero attached hydrogens (tertiary/aromatic N) is 1. The lowest BCUT2D eigenvalue weighted by atomic mass is 9.60. The number of ether oxygens (including phenoxy) is 1. The zero-order valence-electron chi connectivity index (χ0n) is 15.0. The van der Waals surface area contributed by atoms with E-state index in [9.17, 15) is 9.59 Å². The van der Waals surface area contributed by atoms with E-state index < -0.39 is 5.72 Å². The van der Waals surface area contributed by atoms with Gasteiger partial charge in [0.25, 0.3) is 5.91 Å². The van der Waals surface area contributed by atoms with Crippen LogP contribution in [-0.2, 0) is 4.79 Å². The largest absolute Gasteiger partial charge is 0.467 e. The van der Waals surface area contributed by atoms with Crippen molar-refractivity contribution < 1.29 is 14.3 Å². The molecule has 1 aromatic heterocycles. The Morgan fingerprint density at radius 2 is 2.22 bits per heavy atom. The first kappa shape index (κ1) is 16.7. The van der Waals surface area contributed by atoms with Crippen LogP contribution in [0.2, 0.25) is 0 Å². The standard InChI is InChI=1S/C20H21N3O3S/c1-11-10-21-19(27-11)22-17(24)15-8-13-7-6-12(15)9-20(13)23-18(25)14-4-2-3-5-16(14)26-20/h2-5,10,12-13,15H,6-9H2,1H3,(H,23,25)(H,21,22,24)/t12-,13+,15+,20+/m1/s1. The van der Waals surface area contributed by atoms with Crippen molar-refractivity contribution in [3.05, 3.63) is 40.9 Å². The Labute approximate surface area is 161 Å². The van der Waals surface area contributed by atoms with Gasteiger partial charge in [-0.15, -0.1) is 11.3 Å². The van der Waals surface area contributed by atoms with Gasteiger partial charge in [-0.25, -0.2) is 4.98 Å². The summed E-state index contributed by atoms with van der Waals surface area (Å²) in [5.74, 6) is 0.875. The van der Waals surface area contributed by atoms with Gasteiger partial charge in [0.1, 0.15) is 5.75 Å². The summed E-state index contributed by atoms with van der Waals surface area (Å²) in [5, 5.41) is 6.76. The maximum Gasteiger partial charge on any atom is 0.258 e. The number of thiazole rings is 1. The van der Waals surface area contributed by atoms with Crippen LogP contribution >= 0.6 is 11.3 Å². The van der Waals surface area contributed by atoms with E-state index in [-0.39, 0.29) is 29.6 Å². The van der Waals surface area contributed by atoms with Crippen LogP contribution in [0.4, 0.5) is 5.13 Å². The second-order valence-electron chi connectivity index (χ2n) is 7.79. The van der Waals surface area contributed by atoms with Crippen molar-refractivity contribution >= 4 is 28.3 Å². The predicted molar refractivity (Wildman–Crippen MR) is 102 cm³/mol. The molecule has 4 atom stereocenters. The summed E-state index contributed by atoms with van der Waals surface area (Å²) in [6.45, 7) is 1.97. The summed E-state index contributed by atoms with van der Waals surface area (Å²) in [7, 11) is 0. The molecule has 7 heteroatoms. The van der Waals surface area contributed by atoms with Crippen molar-refractivity contribution in [2.45, 2.75) is 38.3 Å². The lowest BCUT2D eigenvalue weighted by Gasteiger charge is -2.55. The van der Waals surface area contributed by atoms with E-state index in [1.165, 1.54) is 11.3 Å². The Morgan fingerprint density at radius 3 is 2.96 bits per heavy atom. The van der Waals surface area contributed by atoms with Crippen LogP contribution in [0, 0.1) is 24.7 Å². The van der Waals surface area contributed by atoms with Crippen LogP contribution in [0.5, 0.6) is 5.75 Å².